The molecule has 0 radical (unpaired) electrons. The Morgan fingerprint density at radius 1 is 1.25 bits per heavy atom. The van der Waals surface area contributed by atoms with Crippen LogP contribution in [0.2, 0.25) is 0 Å². The quantitative estimate of drug-likeness (QED) is 0.371. The summed E-state index contributed by atoms with van der Waals surface area (Å²) in [6.07, 6.45) is 10.9. The summed E-state index contributed by atoms with van der Waals surface area (Å²) < 4.78 is 0. The molecule has 0 aromatic heterocycles. The topological polar surface area (TPSA) is 38.0 Å². The van der Waals surface area contributed by atoms with Gasteiger partial charge in [-0.25, -0.2) is 0 Å². The van der Waals surface area contributed by atoms with Crippen molar-refractivity contribution in [1.29, 1.82) is 0 Å². The first-order valence-electron chi connectivity index (χ1n) is 6.92. The Hall–Kier alpha value is 0.270. The molecule has 0 saturated carbocycles. The van der Waals surface area contributed by atoms with E-state index in [1.807, 2.05) is 0 Å². The van der Waals surface area contributed by atoms with Crippen LogP contribution in [0.3, 0.4) is 0 Å². The summed E-state index contributed by atoms with van der Waals surface area (Å²) in [5.74, 6) is 9.12. The summed E-state index contributed by atoms with van der Waals surface area (Å²) in [5.41, 5.74) is 3.03. The first-order valence-corrected chi connectivity index (χ1v) is 8.07. The molecule has 1 saturated heterocycles. The summed E-state index contributed by atoms with van der Waals surface area (Å²) in [6, 6.07) is 0.571. The Morgan fingerprint density at radius 2 is 2.00 bits per heavy atom. The smallest absolute Gasteiger partial charge is 0.0246 e. The van der Waals surface area contributed by atoms with Gasteiger partial charge in [0.2, 0.25) is 0 Å². The zero-order valence-electron chi connectivity index (χ0n) is 10.7. The highest BCUT2D eigenvalue weighted by atomic mass is 32.2. The van der Waals surface area contributed by atoms with Gasteiger partial charge in [-0.1, -0.05) is 45.4 Å². The van der Waals surface area contributed by atoms with Crippen LogP contribution in [0.1, 0.15) is 58.3 Å². The molecule has 1 rings (SSSR count). The second kappa shape index (κ2) is 9.32. The average Bonchev–Trinajstić information content (AvgIpc) is 2.82. The molecule has 0 spiro atoms. The summed E-state index contributed by atoms with van der Waals surface area (Å²) in [6.45, 7) is 2.27. The fraction of sp³-hybridized carbons (Fsp3) is 1.00. The van der Waals surface area contributed by atoms with Gasteiger partial charge >= 0.3 is 0 Å². The van der Waals surface area contributed by atoms with Gasteiger partial charge in [0, 0.05) is 6.04 Å². The van der Waals surface area contributed by atoms with E-state index in [0.29, 0.717) is 6.04 Å². The number of nitrogens with two attached hydrogens (primary N) is 1. The summed E-state index contributed by atoms with van der Waals surface area (Å²) in [5, 5.41) is 0. The van der Waals surface area contributed by atoms with Crippen LogP contribution in [-0.4, -0.2) is 17.5 Å². The molecule has 3 heteroatoms. The van der Waals surface area contributed by atoms with Gasteiger partial charge in [0.25, 0.3) is 0 Å². The van der Waals surface area contributed by atoms with E-state index < -0.39 is 0 Å². The minimum atomic E-state index is 0.571. The second-order valence-corrected chi connectivity index (χ2v) is 6.10. The molecule has 2 nitrogen and oxygen atoms in total. The van der Waals surface area contributed by atoms with Crippen molar-refractivity contribution in [1.82, 2.24) is 5.43 Å². The third kappa shape index (κ3) is 5.55. The van der Waals surface area contributed by atoms with Crippen LogP contribution in [0.25, 0.3) is 0 Å². The molecule has 0 aliphatic carbocycles. The minimum absolute atomic E-state index is 0.571. The maximum absolute atomic E-state index is 5.66. The number of hydrazine groups is 1. The zero-order chi connectivity index (χ0) is 11.6. The predicted molar refractivity (Wildman–Crippen MR) is 74.5 cm³/mol. The van der Waals surface area contributed by atoms with E-state index in [-0.39, 0.29) is 0 Å². The predicted octanol–water partition coefficient (Wildman–Crippen LogP) is 3.32. The van der Waals surface area contributed by atoms with Crippen molar-refractivity contribution in [2.24, 2.45) is 11.8 Å². The lowest BCUT2D eigenvalue weighted by Gasteiger charge is -2.21. The first-order chi connectivity index (χ1) is 7.88. The highest BCUT2D eigenvalue weighted by Crippen LogP contribution is 2.28. The number of nitrogens with one attached hydrogen (secondary N) is 1. The molecular formula is C13H28N2S. The molecule has 1 fully saturated rings. The summed E-state index contributed by atoms with van der Waals surface area (Å²) in [7, 11) is 0. The molecule has 1 heterocycles. The highest BCUT2D eigenvalue weighted by Gasteiger charge is 2.23. The first kappa shape index (κ1) is 14.3. The summed E-state index contributed by atoms with van der Waals surface area (Å²) >= 11 is 2.08. The molecular weight excluding hydrogens is 216 g/mol. The van der Waals surface area contributed by atoms with Crippen LogP contribution in [0.4, 0.5) is 0 Å². The van der Waals surface area contributed by atoms with Crippen LogP contribution in [0.5, 0.6) is 0 Å². The minimum Gasteiger partial charge on any atom is -0.271 e. The van der Waals surface area contributed by atoms with E-state index in [4.69, 9.17) is 5.84 Å². The van der Waals surface area contributed by atoms with E-state index >= 15 is 0 Å². The van der Waals surface area contributed by atoms with Gasteiger partial charge in [-0.05, 0) is 30.3 Å². The number of thioether (sulfide) groups is 1. The fourth-order valence-electron chi connectivity index (χ4n) is 2.47. The number of hydrogen-bond donors (Lipinski definition) is 2. The lowest BCUT2D eigenvalue weighted by molar-refractivity contribution is 0.355. The zero-order valence-corrected chi connectivity index (χ0v) is 11.5. The van der Waals surface area contributed by atoms with Crippen LogP contribution < -0.4 is 11.3 Å². The molecule has 1 aliphatic heterocycles. The maximum Gasteiger partial charge on any atom is 0.0246 e. The molecule has 0 amide bonds. The monoisotopic (exact) mass is 244 g/mol. The molecule has 2 unspecified atom stereocenters. The van der Waals surface area contributed by atoms with Crippen LogP contribution >= 0.6 is 11.8 Å². The Morgan fingerprint density at radius 3 is 2.62 bits per heavy atom. The summed E-state index contributed by atoms with van der Waals surface area (Å²) in [4.78, 5) is 0. The van der Waals surface area contributed by atoms with E-state index in [2.05, 4.69) is 24.1 Å². The molecule has 16 heavy (non-hydrogen) atoms. The van der Waals surface area contributed by atoms with Crippen molar-refractivity contribution in [3.05, 3.63) is 0 Å². The number of hydrogen-bond acceptors (Lipinski definition) is 3. The molecule has 0 aromatic carbocycles. The van der Waals surface area contributed by atoms with Gasteiger partial charge < -0.3 is 0 Å². The SMILES string of the molecule is CCCCCCCCC(NN)C1CCSC1. The van der Waals surface area contributed by atoms with E-state index in [0.717, 1.165) is 5.92 Å². The van der Waals surface area contributed by atoms with E-state index in [9.17, 15) is 0 Å². The van der Waals surface area contributed by atoms with Gasteiger partial charge in [-0.2, -0.15) is 11.8 Å². The fourth-order valence-corrected chi connectivity index (χ4v) is 3.81. The van der Waals surface area contributed by atoms with Crippen molar-refractivity contribution >= 4 is 11.8 Å². The van der Waals surface area contributed by atoms with E-state index in [1.54, 1.807) is 0 Å². The van der Waals surface area contributed by atoms with Gasteiger partial charge in [-0.15, -0.1) is 0 Å². The third-order valence-corrected chi connectivity index (χ3v) is 4.80. The van der Waals surface area contributed by atoms with Crippen molar-refractivity contribution in [3.8, 4) is 0 Å². The highest BCUT2D eigenvalue weighted by molar-refractivity contribution is 7.99. The second-order valence-electron chi connectivity index (χ2n) is 4.95. The Bertz CT molecular complexity index is 158. The largest absolute Gasteiger partial charge is 0.271 e. The van der Waals surface area contributed by atoms with Crippen LogP contribution in [-0.2, 0) is 0 Å². The molecule has 3 N–H and O–H groups in total. The van der Waals surface area contributed by atoms with Crippen molar-refractivity contribution in [2.45, 2.75) is 64.3 Å². The molecule has 1 aliphatic rings. The Kier molecular flexibility index (Phi) is 8.34. The van der Waals surface area contributed by atoms with Crippen LogP contribution in [0, 0.1) is 5.92 Å². The van der Waals surface area contributed by atoms with Crippen molar-refractivity contribution < 1.29 is 0 Å². The van der Waals surface area contributed by atoms with E-state index in [1.165, 1.54) is 62.9 Å². The maximum atomic E-state index is 5.66. The molecule has 96 valence electrons. The Labute approximate surface area is 105 Å². The number of unbranched alkanes of at least 4 members (excludes halogenated alkanes) is 5. The standard InChI is InChI=1S/C13H28N2S/c1-2-3-4-5-6-7-8-13(15-14)12-9-10-16-11-12/h12-13,15H,2-11,14H2,1H3. The van der Waals surface area contributed by atoms with Gasteiger partial charge in [-0.3, -0.25) is 11.3 Å². The van der Waals surface area contributed by atoms with Gasteiger partial charge in [0.05, 0.1) is 0 Å². The van der Waals surface area contributed by atoms with Crippen LogP contribution in [0.15, 0.2) is 0 Å². The van der Waals surface area contributed by atoms with Gasteiger partial charge in [0.15, 0.2) is 0 Å². The Balaban J connectivity index is 2.00. The normalized spacial score (nSPS) is 22.5. The lowest BCUT2D eigenvalue weighted by atomic mass is 9.94. The molecule has 0 bridgehead atoms. The lowest BCUT2D eigenvalue weighted by Crippen LogP contribution is -2.40. The van der Waals surface area contributed by atoms with Crippen molar-refractivity contribution in [3.63, 3.8) is 0 Å². The van der Waals surface area contributed by atoms with Gasteiger partial charge in [0.1, 0.15) is 0 Å². The molecule has 0 aromatic rings. The molecule has 2 atom stereocenters. The van der Waals surface area contributed by atoms with Crippen molar-refractivity contribution in [2.75, 3.05) is 11.5 Å². The number of rotatable bonds is 9. The average molecular weight is 244 g/mol. The third-order valence-electron chi connectivity index (χ3n) is 3.62.